The first-order chi connectivity index (χ1) is 7.74. The molecule has 0 aliphatic carbocycles. The van der Waals surface area contributed by atoms with Crippen LogP contribution in [0.5, 0.6) is 0 Å². The monoisotopic (exact) mass is 237 g/mol. The molecule has 0 saturated carbocycles. The summed E-state index contributed by atoms with van der Waals surface area (Å²) >= 11 is 1.65. The molecule has 84 valence electrons. The van der Waals surface area contributed by atoms with Gasteiger partial charge in [0.2, 0.25) is 5.95 Å². The third-order valence-electron chi connectivity index (χ3n) is 2.06. The molecule has 0 fully saturated rings. The maximum atomic E-state index is 12.8. The Hall–Kier alpha value is -1.49. The lowest BCUT2D eigenvalue weighted by Gasteiger charge is -2.03. The van der Waals surface area contributed by atoms with Gasteiger partial charge in [0.1, 0.15) is 0 Å². The minimum Gasteiger partial charge on any atom is -0.384 e. The van der Waals surface area contributed by atoms with Crippen LogP contribution in [0, 0.1) is 12.9 Å². The van der Waals surface area contributed by atoms with Gasteiger partial charge in [0, 0.05) is 42.0 Å². The Morgan fingerprint density at radius 1 is 1.50 bits per heavy atom. The van der Waals surface area contributed by atoms with Crippen molar-refractivity contribution in [3.05, 3.63) is 40.4 Å². The molecule has 0 bridgehead atoms. The minimum absolute atomic E-state index is 0.463. The summed E-state index contributed by atoms with van der Waals surface area (Å²) in [5.74, 6) is -0.463. The maximum absolute atomic E-state index is 12.8. The molecule has 16 heavy (non-hydrogen) atoms. The number of hydrogen-bond donors (Lipinski definition) is 1. The largest absolute Gasteiger partial charge is 0.384 e. The van der Waals surface area contributed by atoms with Gasteiger partial charge in [-0.3, -0.25) is 0 Å². The summed E-state index contributed by atoms with van der Waals surface area (Å²) in [6, 6.07) is 3.13. The fraction of sp³-hybridized carbons (Fsp3) is 0.273. The van der Waals surface area contributed by atoms with Crippen LogP contribution in [0.4, 0.5) is 10.1 Å². The molecule has 0 aliphatic rings. The van der Waals surface area contributed by atoms with Gasteiger partial charge in [0.25, 0.3) is 0 Å². The van der Waals surface area contributed by atoms with Crippen LogP contribution in [0.3, 0.4) is 0 Å². The van der Waals surface area contributed by atoms with Gasteiger partial charge in [0.15, 0.2) is 0 Å². The van der Waals surface area contributed by atoms with Crippen LogP contribution in [0.2, 0.25) is 0 Å². The van der Waals surface area contributed by atoms with E-state index in [9.17, 15) is 4.39 Å². The first-order valence-electron chi connectivity index (χ1n) is 5.00. The Morgan fingerprint density at radius 3 is 3.06 bits per heavy atom. The number of halogens is 1. The van der Waals surface area contributed by atoms with Crippen molar-refractivity contribution in [2.45, 2.75) is 13.3 Å². The van der Waals surface area contributed by atoms with E-state index in [0.717, 1.165) is 29.4 Å². The third-order valence-corrected chi connectivity index (χ3v) is 3.09. The van der Waals surface area contributed by atoms with Crippen LogP contribution in [-0.2, 0) is 6.42 Å². The molecule has 0 saturated heterocycles. The summed E-state index contributed by atoms with van der Waals surface area (Å²) < 4.78 is 12.8. The molecule has 5 heteroatoms. The molecule has 1 N–H and O–H groups in total. The van der Waals surface area contributed by atoms with Crippen molar-refractivity contribution in [2.24, 2.45) is 0 Å². The van der Waals surface area contributed by atoms with Gasteiger partial charge in [-0.05, 0) is 13.0 Å². The summed E-state index contributed by atoms with van der Waals surface area (Å²) in [5.41, 5.74) is 1.80. The molecule has 0 spiro atoms. The van der Waals surface area contributed by atoms with Gasteiger partial charge in [-0.1, -0.05) is 0 Å². The van der Waals surface area contributed by atoms with Crippen molar-refractivity contribution in [3.8, 4) is 0 Å². The Labute approximate surface area is 97.4 Å². The number of pyridine rings is 1. The number of rotatable bonds is 4. The van der Waals surface area contributed by atoms with Crippen LogP contribution >= 0.6 is 11.3 Å². The maximum Gasteiger partial charge on any atom is 0.214 e. The van der Waals surface area contributed by atoms with E-state index in [2.05, 4.69) is 15.3 Å². The van der Waals surface area contributed by atoms with E-state index in [1.807, 2.05) is 12.3 Å². The summed E-state index contributed by atoms with van der Waals surface area (Å²) in [7, 11) is 0. The van der Waals surface area contributed by atoms with Crippen molar-refractivity contribution < 1.29 is 4.39 Å². The molecule has 2 rings (SSSR count). The lowest BCUT2D eigenvalue weighted by atomic mass is 10.3. The molecular formula is C11H12FN3S. The van der Waals surface area contributed by atoms with Crippen LogP contribution in [0.1, 0.15) is 10.7 Å². The fourth-order valence-electron chi connectivity index (χ4n) is 1.34. The van der Waals surface area contributed by atoms with Gasteiger partial charge >= 0.3 is 0 Å². The van der Waals surface area contributed by atoms with Crippen molar-refractivity contribution in [3.63, 3.8) is 0 Å². The van der Waals surface area contributed by atoms with Crippen molar-refractivity contribution in [1.29, 1.82) is 0 Å². The summed E-state index contributed by atoms with van der Waals surface area (Å²) in [6.07, 6.45) is 2.30. The smallest absolute Gasteiger partial charge is 0.214 e. The number of anilines is 1. The van der Waals surface area contributed by atoms with Gasteiger partial charge in [-0.2, -0.15) is 4.39 Å². The lowest BCUT2D eigenvalue weighted by molar-refractivity contribution is 0.584. The summed E-state index contributed by atoms with van der Waals surface area (Å²) in [4.78, 5) is 7.84. The molecule has 0 unspecified atom stereocenters. The van der Waals surface area contributed by atoms with E-state index < -0.39 is 5.95 Å². The molecule has 0 amide bonds. The van der Waals surface area contributed by atoms with Gasteiger partial charge in [-0.15, -0.1) is 11.3 Å². The number of thiazole rings is 1. The zero-order valence-corrected chi connectivity index (χ0v) is 9.72. The second-order valence-corrected chi connectivity index (χ2v) is 4.37. The van der Waals surface area contributed by atoms with Crippen molar-refractivity contribution in [1.82, 2.24) is 9.97 Å². The molecule has 2 aromatic heterocycles. The first-order valence-corrected chi connectivity index (χ1v) is 5.88. The highest BCUT2D eigenvalue weighted by Gasteiger charge is 1.99. The molecular weight excluding hydrogens is 225 g/mol. The molecule has 0 radical (unpaired) electrons. The quantitative estimate of drug-likeness (QED) is 0.831. The predicted octanol–water partition coefficient (Wildman–Crippen LogP) is 2.64. The summed E-state index contributed by atoms with van der Waals surface area (Å²) in [6.45, 7) is 2.72. The number of nitrogens with one attached hydrogen (secondary N) is 1. The normalized spacial score (nSPS) is 10.4. The minimum atomic E-state index is -0.463. The fourth-order valence-corrected chi connectivity index (χ4v) is 2.12. The lowest BCUT2D eigenvalue weighted by Crippen LogP contribution is -2.05. The van der Waals surface area contributed by atoms with E-state index in [1.54, 1.807) is 17.4 Å². The average molecular weight is 237 g/mol. The SMILES string of the molecule is Cc1csc(CCNc2ccnc(F)c2)n1. The second kappa shape index (κ2) is 5.03. The van der Waals surface area contributed by atoms with E-state index in [-0.39, 0.29) is 0 Å². The molecule has 2 aromatic rings. The van der Waals surface area contributed by atoms with Gasteiger partial charge in [0.05, 0.1) is 5.01 Å². The predicted molar refractivity (Wildman–Crippen MR) is 63.2 cm³/mol. The molecule has 0 atom stereocenters. The van der Waals surface area contributed by atoms with Crippen LogP contribution in [-0.4, -0.2) is 16.5 Å². The van der Waals surface area contributed by atoms with E-state index in [0.29, 0.717) is 0 Å². The highest BCUT2D eigenvalue weighted by Crippen LogP contribution is 2.10. The number of nitrogens with zero attached hydrogens (tertiary/aromatic N) is 2. The Bertz CT molecular complexity index is 470. The Morgan fingerprint density at radius 2 is 2.38 bits per heavy atom. The average Bonchev–Trinajstić information content (AvgIpc) is 2.64. The highest BCUT2D eigenvalue weighted by atomic mass is 32.1. The topological polar surface area (TPSA) is 37.8 Å². The number of aromatic nitrogens is 2. The number of hydrogen-bond acceptors (Lipinski definition) is 4. The summed E-state index contributed by atoms with van der Waals surface area (Å²) in [5, 5.41) is 6.26. The van der Waals surface area contributed by atoms with Crippen LogP contribution < -0.4 is 5.32 Å². The molecule has 3 nitrogen and oxygen atoms in total. The first kappa shape index (κ1) is 11.0. The van der Waals surface area contributed by atoms with E-state index in [1.165, 1.54) is 12.3 Å². The van der Waals surface area contributed by atoms with Crippen molar-refractivity contribution >= 4 is 17.0 Å². The van der Waals surface area contributed by atoms with Gasteiger partial charge < -0.3 is 5.32 Å². The Kier molecular flexibility index (Phi) is 3.46. The van der Waals surface area contributed by atoms with E-state index in [4.69, 9.17) is 0 Å². The zero-order valence-electron chi connectivity index (χ0n) is 8.90. The second-order valence-electron chi connectivity index (χ2n) is 3.43. The third kappa shape index (κ3) is 3.00. The van der Waals surface area contributed by atoms with Crippen molar-refractivity contribution in [2.75, 3.05) is 11.9 Å². The molecule has 0 aromatic carbocycles. The van der Waals surface area contributed by atoms with Gasteiger partial charge in [-0.25, -0.2) is 9.97 Å². The number of aryl methyl sites for hydroxylation is 1. The standard InChI is InChI=1S/C11H12FN3S/c1-8-7-16-11(15-8)3-5-13-9-2-4-14-10(12)6-9/h2,4,6-7H,3,5H2,1H3,(H,13,14). The van der Waals surface area contributed by atoms with Crippen LogP contribution in [0.25, 0.3) is 0 Å². The van der Waals surface area contributed by atoms with Crippen LogP contribution in [0.15, 0.2) is 23.7 Å². The molecule has 0 aliphatic heterocycles. The zero-order chi connectivity index (χ0) is 11.4. The Balaban J connectivity index is 1.84. The molecule has 2 heterocycles. The van der Waals surface area contributed by atoms with E-state index >= 15 is 0 Å². The highest BCUT2D eigenvalue weighted by molar-refractivity contribution is 7.09.